The number of halogens is 1. The van der Waals surface area contributed by atoms with Crippen LogP contribution in [0.1, 0.15) is 6.92 Å². The summed E-state index contributed by atoms with van der Waals surface area (Å²) in [7, 11) is 3.84. The van der Waals surface area contributed by atoms with E-state index in [1.54, 1.807) is 7.11 Å². The molecular weight excluding hydrogens is 282 g/mol. The van der Waals surface area contributed by atoms with Gasteiger partial charge in [0.1, 0.15) is 0 Å². The second-order valence-corrected chi connectivity index (χ2v) is 5.40. The van der Waals surface area contributed by atoms with Crippen molar-refractivity contribution >= 4 is 21.7 Å². The van der Waals surface area contributed by atoms with Gasteiger partial charge in [-0.05, 0) is 36.0 Å². The maximum absolute atomic E-state index is 5.41. The molecule has 4 nitrogen and oxygen atoms in total. The summed E-state index contributed by atoms with van der Waals surface area (Å²) in [6.07, 6.45) is 1.82. The third-order valence-electron chi connectivity index (χ3n) is 3.12. The highest BCUT2D eigenvalue weighted by Gasteiger charge is 2.25. The average molecular weight is 300 g/mol. The Balaban J connectivity index is 2.27. The van der Waals surface area contributed by atoms with Crippen molar-refractivity contribution in [1.82, 2.24) is 9.88 Å². The average Bonchev–Trinajstić information content (AvgIpc) is 2.30. The summed E-state index contributed by atoms with van der Waals surface area (Å²) in [6, 6.07) is 2.42. The molecule has 0 saturated carbocycles. The highest BCUT2D eigenvalue weighted by Crippen LogP contribution is 2.30. The zero-order chi connectivity index (χ0) is 12.4. The third kappa shape index (κ3) is 2.72. The highest BCUT2D eigenvalue weighted by molar-refractivity contribution is 9.10. The van der Waals surface area contributed by atoms with Gasteiger partial charge in [0.05, 0.1) is 7.11 Å². The van der Waals surface area contributed by atoms with E-state index in [0.717, 1.165) is 35.7 Å². The molecule has 1 aliphatic rings. The Kier molecular flexibility index (Phi) is 3.89. The molecule has 0 bridgehead atoms. The van der Waals surface area contributed by atoms with Crippen LogP contribution in [-0.4, -0.2) is 49.7 Å². The Morgan fingerprint density at radius 3 is 2.88 bits per heavy atom. The molecule has 17 heavy (non-hydrogen) atoms. The van der Waals surface area contributed by atoms with Crippen LogP contribution in [0.5, 0.6) is 5.75 Å². The van der Waals surface area contributed by atoms with Gasteiger partial charge in [-0.1, -0.05) is 0 Å². The molecule has 1 unspecified atom stereocenters. The quantitative estimate of drug-likeness (QED) is 0.835. The standard InChI is InChI=1S/C12H18BrN3O/c1-9-8-15(2)4-5-16(9)12-11(17-3)6-10(13)7-14-12/h6-7,9H,4-5,8H2,1-3H3. The number of likely N-dealkylation sites (N-methyl/N-ethyl adjacent to an activating group) is 1. The molecule has 1 aromatic rings. The van der Waals surface area contributed by atoms with Crippen molar-refractivity contribution in [3.8, 4) is 5.75 Å². The third-order valence-corrected chi connectivity index (χ3v) is 3.56. The molecular formula is C12H18BrN3O. The topological polar surface area (TPSA) is 28.6 Å². The Hall–Kier alpha value is -0.810. The minimum Gasteiger partial charge on any atom is -0.493 e. The molecule has 2 rings (SSSR count). The van der Waals surface area contributed by atoms with Gasteiger partial charge in [-0.3, -0.25) is 0 Å². The molecule has 1 fully saturated rings. The fourth-order valence-electron chi connectivity index (χ4n) is 2.23. The maximum Gasteiger partial charge on any atom is 0.171 e. The van der Waals surface area contributed by atoms with Gasteiger partial charge in [0.2, 0.25) is 0 Å². The first kappa shape index (κ1) is 12.6. The summed E-state index contributed by atoms with van der Waals surface area (Å²) in [5.74, 6) is 1.77. The first-order valence-electron chi connectivity index (χ1n) is 5.76. The zero-order valence-electron chi connectivity index (χ0n) is 10.5. The van der Waals surface area contributed by atoms with Crippen LogP contribution in [0.15, 0.2) is 16.7 Å². The molecule has 0 spiro atoms. The number of hydrogen-bond donors (Lipinski definition) is 0. The van der Waals surface area contributed by atoms with Crippen LogP contribution in [0.2, 0.25) is 0 Å². The number of aromatic nitrogens is 1. The van der Waals surface area contributed by atoms with Gasteiger partial charge in [-0.2, -0.15) is 0 Å². The summed E-state index contributed by atoms with van der Waals surface area (Å²) in [4.78, 5) is 9.13. The molecule has 0 radical (unpaired) electrons. The van der Waals surface area contributed by atoms with Gasteiger partial charge in [0.25, 0.3) is 0 Å². The largest absolute Gasteiger partial charge is 0.493 e. The Morgan fingerprint density at radius 1 is 1.47 bits per heavy atom. The fraction of sp³-hybridized carbons (Fsp3) is 0.583. The number of piperazine rings is 1. The SMILES string of the molecule is COc1cc(Br)cnc1N1CCN(C)CC1C. The summed E-state index contributed by atoms with van der Waals surface area (Å²) >= 11 is 3.42. The van der Waals surface area contributed by atoms with Crippen LogP contribution in [0.4, 0.5) is 5.82 Å². The predicted molar refractivity (Wildman–Crippen MR) is 72.8 cm³/mol. The van der Waals surface area contributed by atoms with Crippen LogP contribution in [0.25, 0.3) is 0 Å². The van der Waals surface area contributed by atoms with E-state index in [2.05, 4.69) is 44.7 Å². The molecule has 94 valence electrons. The normalized spacial score (nSPS) is 21.6. The van der Waals surface area contributed by atoms with Crippen molar-refractivity contribution in [1.29, 1.82) is 0 Å². The molecule has 1 aromatic heterocycles. The number of rotatable bonds is 2. The van der Waals surface area contributed by atoms with E-state index in [1.165, 1.54) is 0 Å². The van der Waals surface area contributed by atoms with Crippen LogP contribution in [-0.2, 0) is 0 Å². The monoisotopic (exact) mass is 299 g/mol. The highest BCUT2D eigenvalue weighted by atomic mass is 79.9. The summed E-state index contributed by atoms with van der Waals surface area (Å²) < 4.78 is 6.35. The molecule has 0 amide bonds. The van der Waals surface area contributed by atoms with Gasteiger partial charge in [-0.15, -0.1) is 0 Å². The summed E-state index contributed by atoms with van der Waals surface area (Å²) in [5.41, 5.74) is 0. The molecule has 0 aliphatic carbocycles. The lowest BCUT2D eigenvalue weighted by Gasteiger charge is -2.39. The van der Waals surface area contributed by atoms with E-state index in [4.69, 9.17) is 4.74 Å². The lowest BCUT2D eigenvalue weighted by Crippen LogP contribution is -2.50. The minimum atomic E-state index is 0.455. The molecule has 0 aromatic carbocycles. The first-order valence-corrected chi connectivity index (χ1v) is 6.56. The van der Waals surface area contributed by atoms with Crippen LogP contribution in [0, 0.1) is 0 Å². The maximum atomic E-state index is 5.41. The van der Waals surface area contributed by atoms with E-state index >= 15 is 0 Å². The van der Waals surface area contributed by atoms with Crippen molar-refractivity contribution < 1.29 is 4.74 Å². The number of pyridine rings is 1. The van der Waals surface area contributed by atoms with Gasteiger partial charge >= 0.3 is 0 Å². The zero-order valence-corrected chi connectivity index (χ0v) is 12.1. The molecule has 1 aliphatic heterocycles. The number of hydrogen-bond acceptors (Lipinski definition) is 4. The van der Waals surface area contributed by atoms with Crippen molar-refractivity contribution in [2.75, 3.05) is 38.7 Å². The lowest BCUT2D eigenvalue weighted by atomic mass is 10.2. The Morgan fingerprint density at radius 2 is 2.24 bits per heavy atom. The Bertz CT molecular complexity index is 399. The molecule has 0 N–H and O–H groups in total. The predicted octanol–water partition coefficient (Wildman–Crippen LogP) is 1.99. The minimum absolute atomic E-state index is 0.455. The lowest BCUT2D eigenvalue weighted by molar-refractivity contribution is 0.273. The van der Waals surface area contributed by atoms with Gasteiger partial charge in [0.15, 0.2) is 11.6 Å². The molecule has 1 saturated heterocycles. The molecule has 1 atom stereocenters. The smallest absolute Gasteiger partial charge is 0.171 e. The van der Waals surface area contributed by atoms with Crippen LogP contribution >= 0.6 is 15.9 Å². The van der Waals surface area contributed by atoms with E-state index < -0.39 is 0 Å². The van der Waals surface area contributed by atoms with Gasteiger partial charge < -0.3 is 14.5 Å². The van der Waals surface area contributed by atoms with E-state index in [-0.39, 0.29) is 0 Å². The number of ether oxygens (including phenoxy) is 1. The second-order valence-electron chi connectivity index (χ2n) is 4.48. The van der Waals surface area contributed by atoms with Crippen LogP contribution < -0.4 is 9.64 Å². The van der Waals surface area contributed by atoms with Crippen LogP contribution in [0.3, 0.4) is 0 Å². The van der Waals surface area contributed by atoms with E-state index in [9.17, 15) is 0 Å². The Labute approximate surface area is 111 Å². The first-order chi connectivity index (χ1) is 8.11. The summed E-state index contributed by atoms with van der Waals surface area (Å²) in [6.45, 7) is 5.33. The number of anilines is 1. The van der Waals surface area contributed by atoms with Gasteiger partial charge in [0, 0.05) is 36.3 Å². The summed E-state index contributed by atoms with van der Waals surface area (Å²) in [5, 5.41) is 0. The number of nitrogens with zero attached hydrogens (tertiary/aromatic N) is 3. The second kappa shape index (κ2) is 5.23. The molecule has 2 heterocycles. The van der Waals surface area contributed by atoms with Crippen molar-refractivity contribution in [3.05, 3.63) is 16.7 Å². The van der Waals surface area contributed by atoms with Crippen molar-refractivity contribution in [3.63, 3.8) is 0 Å². The fourth-order valence-corrected chi connectivity index (χ4v) is 2.54. The van der Waals surface area contributed by atoms with Crippen molar-refractivity contribution in [2.24, 2.45) is 0 Å². The molecule has 5 heteroatoms. The van der Waals surface area contributed by atoms with Crippen molar-refractivity contribution in [2.45, 2.75) is 13.0 Å². The van der Waals surface area contributed by atoms with Gasteiger partial charge in [-0.25, -0.2) is 4.98 Å². The number of methoxy groups -OCH3 is 1. The van der Waals surface area contributed by atoms with E-state index in [0.29, 0.717) is 6.04 Å². The van der Waals surface area contributed by atoms with E-state index in [1.807, 2.05) is 12.3 Å².